The van der Waals surface area contributed by atoms with E-state index in [1.807, 2.05) is 32.0 Å². The quantitative estimate of drug-likeness (QED) is 0.875. The molecule has 0 saturated carbocycles. The second kappa shape index (κ2) is 6.72. The number of aromatic nitrogens is 1. The summed E-state index contributed by atoms with van der Waals surface area (Å²) < 4.78 is 38.3. The van der Waals surface area contributed by atoms with E-state index in [0.29, 0.717) is 12.1 Å². The first kappa shape index (κ1) is 17.5. The van der Waals surface area contributed by atoms with Crippen LogP contribution in [0.4, 0.5) is 0 Å². The van der Waals surface area contributed by atoms with Crippen molar-refractivity contribution in [3.05, 3.63) is 40.8 Å². The van der Waals surface area contributed by atoms with Gasteiger partial charge >= 0.3 is 0 Å². The summed E-state index contributed by atoms with van der Waals surface area (Å²) >= 11 is 0. The minimum Gasteiger partial charge on any atom is -0.496 e. The van der Waals surface area contributed by atoms with Gasteiger partial charge in [-0.25, -0.2) is 13.1 Å². The lowest BCUT2D eigenvalue weighted by molar-refractivity contribution is 0.390. The first-order chi connectivity index (χ1) is 10.8. The first-order valence-electron chi connectivity index (χ1n) is 7.39. The van der Waals surface area contributed by atoms with Gasteiger partial charge in [0.1, 0.15) is 16.3 Å². The monoisotopic (exact) mass is 338 g/mol. The Labute approximate surface area is 136 Å². The van der Waals surface area contributed by atoms with Crippen LogP contribution in [0.2, 0.25) is 0 Å². The van der Waals surface area contributed by atoms with Crippen LogP contribution < -0.4 is 9.46 Å². The molecule has 0 aliphatic rings. The van der Waals surface area contributed by atoms with Crippen molar-refractivity contribution in [3.8, 4) is 5.75 Å². The highest BCUT2D eigenvalue weighted by molar-refractivity contribution is 7.89. The molecule has 0 aliphatic heterocycles. The van der Waals surface area contributed by atoms with Crippen molar-refractivity contribution in [2.24, 2.45) is 0 Å². The molecule has 1 atom stereocenters. The largest absolute Gasteiger partial charge is 0.496 e. The van der Waals surface area contributed by atoms with Gasteiger partial charge in [-0.1, -0.05) is 24.2 Å². The van der Waals surface area contributed by atoms with Gasteiger partial charge in [-0.2, -0.15) is 0 Å². The van der Waals surface area contributed by atoms with Crippen LogP contribution >= 0.6 is 0 Å². The zero-order valence-electron chi connectivity index (χ0n) is 14.0. The lowest BCUT2D eigenvalue weighted by atomic mass is 10.0. The van der Waals surface area contributed by atoms with Crippen LogP contribution in [0.1, 0.15) is 42.0 Å². The molecule has 6 nitrogen and oxygen atoms in total. The molecule has 23 heavy (non-hydrogen) atoms. The molecule has 0 radical (unpaired) electrons. The number of hydrogen-bond donors (Lipinski definition) is 1. The van der Waals surface area contributed by atoms with Crippen molar-refractivity contribution in [3.63, 3.8) is 0 Å². The number of methoxy groups -OCH3 is 1. The number of ether oxygens (including phenoxy) is 1. The number of rotatable bonds is 6. The molecule has 0 saturated heterocycles. The van der Waals surface area contributed by atoms with Crippen molar-refractivity contribution in [1.29, 1.82) is 0 Å². The summed E-state index contributed by atoms with van der Waals surface area (Å²) in [5, 5.41) is 3.71. The summed E-state index contributed by atoms with van der Waals surface area (Å²) in [6.07, 6.45) is 0.619. The third kappa shape index (κ3) is 3.56. The predicted molar refractivity (Wildman–Crippen MR) is 87.1 cm³/mol. The third-order valence-corrected chi connectivity index (χ3v) is 5.48. The Hall–Kier alpha value is -1.86. The number of sulfonamides is 1. The highest BCUT2D eigenvalue weighted by atomic mass is 32.2. The van der Waals surface area contributed by atoms with Gasteiger partial charge in [0.15, 0.2) is 5.76 Å². The van der Waals surface area contributed by atoms with E-state index in [9.17, 15) is 8.42 Å². The normalized spacial score (nSPS) is 13.1. The van der Waals surface area contributed by atoms with Crippen LogP contribution in [-0.4, -0.2) is 20.7 Å². The molecule has 1 heterocycles. The van der Waals surface area contributed by atoms with E-state index in [-0.39, 0.29) is 16.7 Å². The lowest BCUT2D eigenvalue weighted by Gasteiger charge is -2.18. The smallest absolute Gasteiger partial charge is 0.246 e. The SMILES string of the molecule is CC[C@H](NS(=O)(=O)c1c(C)noc1C)c1ccc(OC)c(C)c1. The van der Waals surface area contributed by atoms with Gasteiger partial charge in [-0.15, -0.1) is 0 Å². The van der Waals surface area contributed by atoms with Crippen molar-refractivity contribution in [2.45, 2.75) is 45.1 Å². The van der Waals surface area contributed by atoms with Crippen LogP contribution in [0, 0.1) is 20.8 Å². The maximum atomic E-state index is 12.6. The van der Waals surface area contributed by atoms with E-state index in [1.54, 1.807) is 21.0 Å². The van der Waals surface area contributed by atoms with E-state index >= 15 is 0 Å². The molecule has 126 valence electrons. The van der Waals surface area contributed by atoms with E-state index in [4.69, 9.17) is 9.26 Å². The molecule has 2 aromatic rings. The van der Waals surface area contributed by atoms with E-state index in [2.05, 4.69) is 9.88 Å². The zero-order chi connectivity index (χ0) is 17.2. The van der Waals surface area contributed by atoms with Crippen LogP contribution in [-0.2, 0) is 10.0 Å². The second-order valence-electron chi connectivity index (χ2n) is 5.46. The Kier molecular flexibility index (Phi) is 5.11. The average Bonchev–Trinajstić information content (AvgIpc) is 2.84. The summed E-state index contributed by atoms with van der Waals surface area (Å²) in [6.45, 7) is 7.06. The number of hydrogen-bond acceptors (Lipinski definition) is 5. The standard InChI is InChI=1S/C16H22N2O4S/c1-6-14(13-7-8-15(21-5)10(2)9-13)18-23(19,20)16-11(3)17-22-12(16)4/h7-9,14,18H,6H2,1-5H3/t14-/m0/s1. The molecular weight excluding hydrogens is 316 g/mol. The summed E-state index contributed by atoms with van der Waals surface area (Å²) in [5.74, 6) is 1.06. The summed E-state index contributed by atoms with van der Waals surface area (Å²) in [6, 6.07) is 5.31. The van der Waals surface area contributed by atoms with Gasteiger partial charge in [-0.3, -0.25) is 0 Å². The molecule has 1 aromatic heterocycles. The number of nitrogens with one attached hydrogen (secondary N) is 1. The predicted octanol–water partition coefficient (Wildman–Crippen LogP) is 3.04. The number of nitrogens with zero attached hydrogens (tertiary/aromatic N) is 1. The highest BCUT2D eigenvalue weighted by Crippen LogP contribution is 2.27. The molecule has 7 heteroatoms. The Morgan fingerprint density at radius 2 is 2.00 bits per heavy atom. The van der Waals surface area contributed by atoms with Crippen LogP contribution in [0.5, 0.6) is 5.75 Å². The minimum absolute atomic E-state index is 0.112. The lowest BCUT2D eigenvalue weighted by Crippen LogP contribution is -2.29. The molecule has 0 bridgehead atoms. The van der Waals surface area contributed by atoms with Gasteiger partial charge in [0.25, 0.3) is 0 Å². The number of aryl methyl sites for hydroxylation is 3. The topological polar surface area (TPSA) is 81.4 Å². The molecule has 0 spiro atoms. The maximum absolute atomic E-state index is 12.6. The molecule has 0 fully saturated rings. The van der Waals surface area contributed by atoms with E-state index < -0.39 is 10.0 Å². The van der Waals surface area contributed by atoms with Crippen LogP contribution in [0.15, 0.2) is 27.6 Å². The van der Waals surface area contributed by atoms with Crippen molar-refractivity contribution in [1.82, 2.24) is 9.88 Å². The average molecular weight is 338 g/mol. The Morgan fingerprint density at radius 1 is 1.30 bits per heavy atom. The van der Waals surface area contributed by atoms with Crippen molar-refractivity contribution in [2.75, 3.05) is 7.11 Å². The van der Waals surface area contributed by atoms with Gasteiger partial charge in [-0.05, 0) is 44.4 Å². The zero-order valence-corrected chi connectivity index (χ0v) is 14.8. The van der Waals surface area contributed by atoms with Crippen LogP contribution in [0.25, 0.3) is 0 Å². The molecule has 0 amide bonds. The Bertz CT molecular complexity index is 777. The van der Waals surface area contributed by atoms with Gasteiger partial charge < -0.3 is 9.26 Å². The molecule has 1 aromatic carbocycles. The maximum Gasteiger partial charge on any atom is 0.246 e. The second-order valence-corrected chi connectivity index (χ2v) is 7.12. The van der Waals surface area contributed by atoms with Crippen LogP contribution in [0.3, 0.4) is 0 Å². The first-order valence-corrected chi connectivity index (χ1v) is 8.88. The molecule has 2 rings (SSSR count). The van der Waals surface area contributed by atoms with Gasteiger partial charge in [0, 0.05) is 6.04 Å². The van der Waals surface area contributed by atoms with E-state index in [0.717, 1.165) is 16.9 Å². The third-order valence-electron chi connectivity index (χ3n) is 3.76. The summed E-state index contributed by atoms with van der Waals surface area (Å²) in [7, 11) is -2.09. The Balaban J connectivity index is 2.34. The minimum atomic E-state index is -3.70. The van der Waals surface area contributed by atoms with Crippen molar-refractivity contribution < 1.29 is 17.7 Å². The van der Waals surface area contributed by atoms with Gasteiger partial charge in [0.05, 0.1) is 7.11 Å². The number of benzene rings is 1. The fourth-order valence-corrected chi connectivity index (χ4v) is 4.25. The molecule has 0 aliphatic carbocycles. The molecule has 1 N–H and O–H groups in total. The van der Waals surface area contributed by atoms with E-state index in [1.165, 1.54) is 0 Å². The Morgan fingerprint density at radius 3 is 2.48 bits per heavy atom. The fourth-order valence-electron chi connectivity index (χ4n) is 2.61. The summed E-state index contributed by atoms with van der Waals surface area (Å²) in [4.78, 5) is 0.112. The van der Waals surface area contributed by atoms with Gasteiger partial charge in [0.2, 0.25) is 10.0 Å². The van der Waals surface area contributed by atoms with Crippen molar-refractivity contribution >= 4 is 10.0 Å². The molecule has 0 unspecified atom stereocenters. The fraction of sp³-hybridized carbons (Fsp3) is 0.438. The highest BCUT2D eigenvalue weighted by Gasteiger charge is 2.27. The summed E-state index contributed by atoms with van der Waals surface area (Å²) in [5.41, 5.74) is 2.21. The molecular formula is C16H22N2O4S.